The van der Waals surface area contributed by atoms with Gasteiger partial charge in [-0.15, -0.1) is 0 Å². The summed E-state index contributed by atoms with van der Waals surface area (Å²) in [5.41, 5.74) is 3.53. The molecule has 0 bridgehead atoms. The average molecular weight is 499 g/mol. The van der Waals surface area contributed by atoms with Crippen LogP contribution in [0.25, 0.3) is 0 Å². The van der Waals surface area contributed by atoms with Crippen LogP contribution in [-0.4, -0.2) is 44.3 Å². The van der Waals surface area contributed by atoms with Crippen molar-refractivity contribution < 1.29 is 10.0 Å². The van der Waals surface area contributed by atoms with E-state index in [2.05, 4.69) is 51.6 Å². The van der Waals surface area contributed by atoms with Gasteiger partial charge in [-0.2, -0.15) is 20.1 Å². The monoisotopic (exact) mass is 498 g/mol. The molecule has 0 amide bonds. The highest BCUT2D eigenvalue weighted by Crippen LogP contribution is 2.31. The lowest BCUT2D eigenvalue weighted by atomic mass is 10.2. The number of para-hydroxylation sites is 1. The number of hydrogen-bond acceptors (Lipinski definition) is 10. The molecule has 3 aromatic rings. The second kappa shape index (κ2) is 9.56. The molecular weight excluding hydrogens is 480 g/mol. The van der Waals surface area contributed by atoms with Crippen LogP contribution in [0, 0.1) is 10.1 Å². The minimum atomic E-state index is -0.551. The highest BCUT2D eigenvalue weighted by atomic mass is 79.9. The molecule has 2 heterocycles. The Kier molecular flexibility index (Phi) is 6.40. The van der Waals surface area contributed by atoms with E-state index in [1.165, 1.54) is 18.3 Å². The third kappa shape index (κ3) is 5.09. The number of nitrogens with one attached hydrogen (secondary N) is 2. The summed E-state index contributed by atoms with van der Waals surface area (Å²) < 4.78 is 0.193. The third-order valence-corrected chi connectivity index (χ3v) is 5.30. The molecule has 32 heavy (non-hydrogen) atoms. The quantitative estimate of drug-likeness (QED) is 0.249. The molecule has 1 aliphatic rings. The Labute approximate surface area is 191 Å². The molecule has 1 aliphatic heterocycles. The molecule has 0 spiro atoms. The van der Waals surface area contributed by atoms with Crippen LogP contribution in [-0.2, 0) is 0 Å². The van der Waals surface area contributed by atoms with E-state index < -0.39 is 4.92 Å². The average Bonchev–Trinajstić information content (AvgIpc) is 3.32. The predicted octanol–water partition coefficient (Wildman–Crippen LogP) is 4.04. The highest BCUT2D eigenvalue weighted by molar-refractivity contribution is 9.10. The molecule has 0 radical (unpaired) electrons. The number of aromatic nitrogens is 3. The van der Waals surface area contributed by atoms with Crippen molar-refractivity contribution >= 4 is 51.4 Å². The molecule has 11 nitrogen and oxygen atoms in total. The van der Waals surface area contributed by atoms with Gasteiger partial charge < -0.3 is 15.3 Å². The highest BCUT2D eigenvalue weighted by Gasteiger charge is 2.18. The van der Waals surface area contributed by atoms with E-state index in [4.69, 9.17) is 0 Å². The van der Waals surface area contributed by atoms with Crippen molar-refractivity contribution in [3.63, 3.8) is 0 Å². The first-order valence-corrected chi connectivity index (χ1v) is 10.6. The number of hydrazone groups is 1. The van der Waals surface area contributed by atoms with Crippen molar-refractivity contribution in [2.24, 2.45) is 5.10 Å². The second-order valence-corrected chi connectivity index (χ2v) is 7.81. The van der Waals surface area contributed by atoms with Gasteiger partial charge in [0.25, 0.3) is 5.69 Å². The van der Waals surface area contributed by atoms with Crippen LogP contribution < -0.4 is 15.6 Å². The van der Waals surface area contributed by atoms with E-state index in [0.717, 1.165) is 31.6 Å². The number of benzene rings is 2. The summed E-state index contributed by atoms with van der Waals surface area (Å²) >= 11 is 3.11. The summed E-state index contributed by atoms with van der Waals surface area (Å²) in [5, 5.41) is 28.4. The summed E-state index contributed by atoms with van der Waals surface area (Å²) in [6.07, 6.45) is 3.39. The molecule has 0 atom stereocenters. The van der Waals surface area contributed by atoms with Gasteiger partial charge in [0, 0.05) is 36.5 Å². The molecule has 2 aromatic carbocycles. The lowest BCUT2D eigenvalue weighted by Crippen LogP contribution is -2.21. The first-order valence-electron chi connectivity index (χ1n) is 9.78. The van der Waals surface area contributed by atoms with Gasteiger partial charge in [-0.25, -0.2) is 5.43 Å². The SMILES string of the molecule is O=[N+]([O-])c1cc(Br)c(O)c(/C=N/Nc2nc(Nc3ccccc3)nc(N3CCCC3)n2)c1. The zero-order valence-corrected chi connectivity index (χ0v) is 18.4. The zero-order valence-electron chi connectivity index (χ0n) is 16.8. The van der Waals surface area contributed by atoms with Gasteiger partial charge in [-0.05, 0) is 40.9 Å². The molecular formula is C20H19BrN8O3. The number of hydrogen-bond donors (Lipinski definition) is 3. The van der Waals surface area contributed by atoms with E-state index in [0.29, 0.717) is 11.9 Å². The lowest BCUT2D eigenvalue weighted by molar-refractivity contribution is -0.385. The third-order valence-electron chi connectivity index (χ3n) is 4.70. The van der Waals surface area contributed by atoms with Crippen LogP contribution >= 0.6 is 15.9 Å². The Morgan fingerprint density at radius 1 is 1.12 bits per heavy atom. The summed E-state index contributed by atoms with van der Waals surface area (Å²) in [7, 11) is 0. The number of rotatable bonds is 7. The minimum absolute atomic E-state index is 0.162. The molecule has 0 saturated carbocycles. The van der Waals surface area contributed by atoms with Crippen LogP contribution in [0.2, 0.25) is 0 Å². The first-order chi connectivity index (χ1) is 15.5. The topological polar surface area (TPSA) is 142 Å². The maximum atomic E-state index is 11.1. The van der Waals surface area contributed by atoms with Gasteiger partial charge in [0.15, 0.2) is 0 Å². The molecule has 164 valence electrons. The zero-order chi connectivity index (χ0) is 22.5. The molecule has 1 fully saturated rings. The number of halogens is 1. The smallest absolute Gasteiger partial charge is 0.271 e. The second-order valence-electron chi connectivity index (χ2n) is 6.96. The van der Waals surface area contributed by atoms with Gasteiger partial charge in [-0.3, -0.25) is 10.1 Å². The van der Waals surface area contributed by atoms with Gasteiger partial charge in [-0.1, -0.05) is 18.2 Å². The molecule has 1 aromatic heterocycles. The number of anilines is 4. The van der Waals surface area contributed by atoms with Crippen LogP contribution in [0.15, 0.2) is 52.0 Å². The van der Waals surface area contributed by atoms with Crippen molar-refractivity contribution in [3.8, 4) is 5.75 Å². The summed E-state index contributed by atoms with van der Waals surface area (Å²) in [6, 6.07) is 11.9. The molecule has 4 rings (SSSR count). The van der Waals surface area contributed by atoms with E-state index in [1.54, 1.807) is 0 Å². The van der Waals surface area contributed by atoms with E-state index in [1.807, 2.05) is 30.3 Å². The Morgan fingerprint density at radius 3 is 2.56 bits per heavy atom. The minimum Gasteiger partial charge on any atom is -0.506 e. The lowest BCUT2D eigenvalue weighted by Gasteiger charge is -2.16. The summed E-state index contributed by atoms with van der Waals surface area (Å²) in [4.78, 5) is 25.9. The van der Waals surface area contributed by atoms with E-state index in [9.17, 15) is 15.2 Å². The summed E-state index contributed by atoms with van der Waals surface area (Å²) in [6.45, 7) is 1.71. The number of nitro groups is 1. The van der Waals surface area contributed by atoms with Crippen LogP contribution in [0.4, 0.5) is 29.2 Å². The van der Waals surface area contributed by atoms with Crippen LogP contribution in [0.5, 0.6) is 5.75 Å². The number of nitrogens with zero attached hydrogens (tertiary/aromatic N) is 6. The van der Waals surface area contributed by atoms with Gasteiger partial charge >= 0.3 is 0 Å². The molecule has 3 N–H and O–H groups in total. The molecule has 1 saturated heterocycles. The van der Waals surface area contributed by atoms with Crippen LogP contribution in [0.3, 0.4) is 0 Å². The van der Waals surface area contributed by atoms with Gasteiger partial charge in [0.2, 0.25) is 17.8 Å². The fourth-order valence-corrected chi connectivity index (χ4v) is 3.61. The largest absolute Gasteiger partial charge is 0.506 e. The number of phenolic OH excluding ortho intramolecular Hbond substituents is 1. The van der Waals surface area contributed by atoms with Gasteiger partial charge in [0.1, 0.15) is 5.75 Å². The predicted molar refractivity (Wildman–Crippen MR) is 125 cm³/mol. The van der Waals surface area contributed by atoms with Crippen molar-refractivity contribution in [2.45, 2.75) is 12.8 Å². The number of nitro benzene ring substituents is 1. The molecule has 0 unspecified atom stereocenters. The Hall–Kier alpha value is -3.80. The maximum Gasteiger partial charge on any atom is 0.271 e. The first kappa shape index (κ1) is 21.4. The molecule has 0 aliphatic carbocycles. The van der Waals surface area contributed by atoms with Gasteiger partial charge in [0.05, 0.1) is 15.6 Å². The number of non-ortho nitro benzene ring substituents is 1. The fourth-order valence-electron chi connectivity index (χ4n) is 3.15. The summed E-state index contributed by atoms with van der Waals surface area (Å²) in [5.74, 6) is 0.905. The fraction of sp³-hybridized carbons (Fsp3) is 0.200. The molecule has 12 heteroatoms. The standard InChI is InChI=1S/C20H19BrN8O3/c21-16-11-15(29(31)32)10-13(17(16)30)12-22-27-19-24-18(23-14-6-2-1-3-7-14)25-20(26-19)28-8-4-5-9-28/h1-3,6-7,10-12,30H,4-5,8-9H2,(H2,23,24,25,26,27)/b22-12+. The number of aromatic hydroxyl groups is 1. The normalized spacial score (nSPS) is 13.5. The Balaban J connectivity index is 1.59. The van der Waals surface area contributed by atoms with E-state index >= 15 is 0 Å². The van der Waals surface area contributed by atoms with Crippen LogP contribution in [0.1, 0.15) is 18.4 Å². The van der Waals surface area contributed by atoms with Crippen molar-refractivity contribution in [1.29, 1.82) is 0 Å². The Bertz CT molecular complexity index is 1150. The Morgan fingerprint density at radius 2 is 1.84 bits per heavy atom. The van der Waals surface area contributed by atoms with Crippen molar-refractivity contribution in [2.75, 3.05) is 28.7 Å². The van der Waals surface area contributed by atoms with Crippen molar-refractivity contribution in [3.05, 3.63) is 62.6 Å². The van der Waals surface area contributed by atoms with Crippen molar-refractivity contribution in [1.82, 2.24) is 15.0 Å². The van der Waals surface area contributed by atoms with E-state index in [-0.39, 0.29) is 27.4 Å². The number of phenols is 1. The maximum absolute atomic E-state index is 11.1.